The number of amides is 1. The molecule has 0 fully saturated rings. The molecule has 0 saturated heterocycles. The zero-order valence-electron chi connectivity index (χ0n) is 18.1. The zero-order valence-corrected chi connectivity index (χ0v) is 18.9. The fraction of sp³-hybridized carbons (Fsp3) is 0.231. The van der Waals surface area contributed by atoms with E-state index in [9.17, 15) is 9.59 Å². The minimum atomic E-state index is -1.07. The van der Waals surface area contributed by atoms with Crippen LogP contribution in [0.3, 0.4) is 0 Å². The summed E-state index contributed by atoms with van der Waals surface area (Å²) >= 11 is 1.78. The van der Waals surface area contributed by atoms with Gasteiger partial charge in [0.2, 0.25) is 5.91 Å². The van der Waals surface area contributed by atoms with Crippen molar-refractivity contribution in [1.29, 1.82) is 0 Å². The SMILES string of the molecule is O=C(O)COc1cccc2c1OCCC(=O)N2CCSC(c1ccccc1)c1ccccc1. The molecule has 0 saturated carbocycles. The van der Waals surface area contributed by atoms with E-state index < -0.39 is 12.6 Å². The highest BCUT2D eigenvalue weighted by Crippen LogP contribution is 2.41. The van der Waals surface area contributed by atoms with Crippen molar-refractivity contribution in [3.8, 4) is 11.5 Å². The quantitative estimate of drug-likeness (QED) is 0.492. The van der Waals surface area contributed by atoms with Gasteiger partial charge in [-0.1, -0.05) is 66.7 Å². The molecule has 4 rings (SSSR count). The molecule has 7 heteroatoms. The van der Waals surface area contributed by atoms with Crippen molar-refractivity contribution in [1.82, 2.24) is 0 Å². The second kappa shape index (κ2) is 10.9. The second-order valence-electron chi connectivity index (χ2n) is 7.50. The zero-order chi connectivity index (χ0) is 23.0. The number of carboxylic acids is 1. The number of para-hydroxylation sites is 1. The lowest BCUT2D eigenvalue weighted by molar-refractivity contribution is -0.139. The number of carbonyl (C=O) groups excluding carboxylic acids is 1. The van der Waals surface area contributed by atoms with Gasteiger partial charge in [0.05, 0.1) is 24.0 Å². The Bertz CT molecular complexity index is 1050. The van der Waals surface area contributed by atoms with E-state index in [0.717, 1.165) is 0 Å². The van der Waals surface area contributed by atoms with E-state index in [2.05, 4.69) is 24.3 Å². The number of fused-ring (bicyclic) bond motifs is 1. The van der Waals surface area contributed by atoms with Gasteiger partial charge in [0.25, 0.3) is 0 Å². The predicted octanol–water partition coefficient (Wildman–Crippen LogP) is 4.79. The van der Waals surface area contributed by atoms with E-state index in [1.165, 1.54) is 11.1 Å². The first-order valence-corrected chi connectivity index (χ1v) is 11.8. The average Bonchev–Trinajstić information content (AvgIpc) is 3.00. The normalized spacial score (nSPS) is 13.2. The number of rotatable bonds is 9. The summed E-state index contributed by atoms with van der Waals surface area (Å²) in [5.74, 6) is 0.352. The van der Waals surface area contributed by atoms with Gasteiger partial charge >= 0.3 is 5.97 Å². The number of aliphatic carboxylic acids is 1. The third-order valence-corrected chi connectivity index (χ3v) is 6.56. The molecule has 33 heavy (non-hydrogen) atoms. The second-order valence-corrected chi connectivity index (χ2v) is 8.72. The summed E-state index contributed by atoms with van der Waals surface area (Å²) < 4.78 is 11.2. The number of carbonyl (C=O) groups is 2. The molecule has 3 aromatic carbocycles. The molecule has 3 aromatic rings. The molecule has 1 aliphatic rings. The topological polar surface area (TPSA) is 76.1 Å². The number of hydrogen-bond acceptors (Lipinski definition) is 5. The number of anilines is 1. The highest BCUT2D eigenvalue weighted by Gasteiger charge is 2.26. The number of ether oxygens (including phenoxy) is 2. The highest BCUT2D eigenvalue weighted by molar-refractivity contribution is 7.99. The first kappa shape index (κ1) is 22.7. The summed E-state index contributed by atoms with van der Waals surface area (Å²) in [5.41, 5.74) is 3.03. The maximum Gasteiger partial charge on any atom is 0.341 e. The number of carboxylic acid groups (broad SMARTS) is 1. The molecule has 1 heterocycles. The van der Waals surface area contributed by atoms with Crippen LogP contribution in [0.1, 0.15) is 22.8 Å². The fourth-order valence-corrected chi connectivity index (χ4v) is 5.00. The smallest absolute Gasteiger partial charge is 0.341 e. The summed E-state index contributed by atoms with van der Waals surface area (Å²) in [7, 11) is 0. The van der Waals surface area contributed by atoms with Crippen molar-refractivity contribution in [3.63, 3.8) is 0 Å². The van der Waals surface area contributed by atoms with Gasteiger partial charge in [-0.25, -0.2) is 4.79 Å². The van der Waals surface area contributed by atoms with Gasteiger partial charge in [0.1, 0.15) is 0 Å². The molecule has 0 bridgehead atoms. The molecule has 1 amide bonds. The van der Waals surface area contributed by atoms with Crippen LogP contribution < -0.4 is 14.4 Å². The maximum atomic E-state index is 12.9. The minimum Gasteiger partial charge on any atom is -0.487 e. The number of nitrogens with zero attached hydrogens (tertiary/aromatic N) is 1. The lowest BCUT2D eigenvalue weighted by Crippen LogP contribution is -2.32. The first-order chi connectivity index (χ1) is 16.1. The van der Waals surface area contributed by atoms with Crippen LogP contribution >= 0.6 is 11.8 Å². The Hall–Kier alpha value is -3.45. The van der Waals surface area contributed by atoms with E-state index in [4.69, 9.17) is 14.6 Å². The Morgan fingerprint density at radius 2 is 1.67 bits per heavy atom. The van der Waals surface area contributed by atoms with Gasteiger partial charge in [-0.2, -0.15) is 0 Å². The molecular formula is C26H25NO5S. The van der Waals surface area contributed by atoms with Crippen molar-refractivity contribution < 1.29 is 24.2 Å². The molecular weight excluding hydrogens is 438 g/mol. The first-order valence-electron chi connectivity index (χ1n) is 10.8. The summed E-state index contributed by atoms with van der Waals surface area (Å²) in [6, 6.07) is 25.9. The lowest BCUT2D eigenvalue weighted by atomic mass is 10.0. The van der Waals surface area contributed by atoms with Gasteiger partial charge in [0, 0.05) is 12.3 Å². The van der Waals surface area contributed by atoms with Crippen LogP contribution in [0.5, 0.6) is 11.5 Å². The minimum absolute atomic E-state index is 0.0271. The monoisotopic (exact) mass is 463 g/mol. The third-order valence-electron chi connectivity index (χ3n) is 5.27. The molecule has 6 nitrogen and oxygen atoms in total. The standard InChI is InChI=1S/C26H25NO5S/c28-23-14-16-31-25-21(12-7-13-22(25)32-18-24(29)30)27(23)15-17-33-26(19-8-3-1-4-9-19)20-10-5-2-6-11-20/h1-13,26H,14-18H2,(H,29,30). The van der Waals surface area contributed by atoms with Crippen LogP contribution in [0.4, 0.5) is 5.69 Å². The van der Waals surface area contributed by atoms with Crippen LogP contribution in [-0.2, 0) is 9.59 Å². The summed E-state index contributed by atoms with van der Waals surface area (Å²) in [5, 5.41) is 9.10. The Morgan fingerprint density at radius 3 is 2.30 bits per heavy atom. The van der Waals surface area contributed by atoms with E-state index in [-0.39, 0.29) is 24.2 Å². The van der Waals surface area contributed by atoms with Gasteiger partial charge in [-0.05, 0) is 23.3 Å². The van der Waals surface area contributed by atoms with Crippen molar-refractivity contribution >= 4 is 29.3 Å². The summed E-state index contributed by atoms with van der Waals surface area (Å²) in [4.78, 5) is 25.5. The summed E-state index contributed by atoms with van der Waals surface area (Å²) in [6.07, 6.45) is 0.249. The lowest BCUT2D eigenvalue weighted by Gasteiger charge is -2.24. The largest absolute Gasteiger partial charge is 0.487 e. The molecule has 0 aromatic heterocycles. The molecule has 0 aliphatic carbocycles. The highest BCUT2D eigenvalue weighted by atomic mass is 32.2. The Kier molecular flexibility index (Phi) is 7.52. The Morgan fingerprint density at radius 1 is 1.00 bits per heavy atom. The van der Waals surface area contributed by atoms with E-state index in [1.54, 1.807) is 28.8 Å². The third kappa shape index (κ3) is 5.68. The predicted molar refractivity (Wildman–Crippen MR) is 129 cm³/mol. The van der Waals surface area contributed by atoms with Crippen molar-refractivity contribution in [2.75, 3.05) is 30.4 Å². The fourth-order valence-electron chi connectivity index (χ4n) is 3.77. The molecule has 0 spiro atoms. The molecule has 1 aliphatic heterocycles. The van der Waals surface area contributed by atoms with Crippen LogP contribution in [0, 0.1) is 0 Å². The van der Waals surface area contributed by atoms with Crippen molar-refractivity contribution in [3.05, 3.63) is 90.0 Å². The van der Waals surface area contributed by atoms with Crippen LogP contribution in [0.15, 0.2) is 78.9 Å². The van der Waals surface area contributed by atoms with E-state index >= 15 is 0 Å². The van der Waals surface area contributed by atoms with Gasteiger partial charge in [-0.15, -0.1) is 11.8 Å². The molecule has 1 N–H and O–H groups in total. The Balaban J connectivity index is 1.53. The van der Waals surface area contributed by atoms with Gasteiger partial charge < -0.3 is 19.5 Å². The van der Waals surface area contributed by atoms with Gasteiger partial charge in [0.15, 0.2) is 18.1 Å². The number of hydrogen-bond donors (Lipinski definition) is 1. The molecule has 0 atom stereocenters. The van der Waals surface area contributed by atoms with Crippen molar-refractivity contribution in [2.24, 2.45) is 0 Å². The average molecular weight is 464 g/mol. The van der Waals surface area contributed by atoms with Crippen LogP contribution in [0.25, 0.3) is 0 Å². The maximum absolute atomic E-state index is 12.9. The number of thioether (sulfide) groups is 1. The Labute approximate surface area is 197 Å². The van der Waals surface area contributed by atoms with Crippen LogP contribution in [-0.4, -0.2) is 42.5 Å². The van der Waals surface area contributed by atoms with Crippen LogP contribution in [0.2, 0.25) is 0 Å². The molecule has 0 radical (unpaired) electrons. The number of benzene rings is 3. The molecule has 170 valence electrons. The van der Waals surface area contributed by atoms with Gasteiger partial charge in [-0.3, -0.25) is 4.79 Å². The van der Waals surface area contributed by atoms with E-state index in [1.807, 2.05) is 42.5 Å². The molecule has 0 unspecified atom stereocenters. The summed E-state index contributed by atoms with van der Waals surface area (Å²) in [6.45, 7) is 0.247. The van der Waals surface area contributed by atoms with Crippen molar-refractivity contribution in [2.45, 2.75) is 11.7 Å². The van der Waals surface area contributed by atoms with E-state index in [0.29, 0.717) is 29.5 Å².